The molecule has 2 aromatic carbocycles. The van der Waals surface area contributed by atoms with Crippen LogP contribution in [0.15, 0.2) is 53.1 Å². The van der Waals surface area contributed by atoms with Crippen molar-refractivity contribution in [3.8, 4) is 11.4 Å². The molecule has 7 heteroatoms. The number of carbonyl (C=O) groups is 1. The van der Waals surface area contributed by atoms with Crippen molar-refractivity contribution in [2.75, 3.05) is 0 Å². The maximum absolute atomic E-state index is 11.9. The molecule has 3 aromatic rings. The second-order valence-electron chi connectivity index (χ2n) is 5.24. The lowest BCUT2D eigenvalue weighted by atomic mass is 10.2. The number of esters is 1. The maximum atomic E-state index is 11.9. The third kappa shape index (κ3) is 4.59. The van der Waals surface area contributed by atoms with Gasteiger partial charge in [0.25, 0.3) is 0 Å². The number of rotatable bonds is 6. The number of benzene rings is 2. The van der Waals surface area contributed by atoms with Gasteiger partial charge in [-0.25, -0.2) is 0 Å². The van der Waals surface area contributed by atoms with Crippen molar-refractivity contribution < 1.29 is 14.1 Å². The topological polar surface area (TPSA) is 65.2 Å². The van der Waals surface area contributed by atoms with Crippen molar-refractivity contribution in [3.05, 3.63) is 70.0 Å². The van der Waals surface area contributed by atoms with Gasteiger partial charge in [0.1, 0.15) is 6.61 Å². The van der Waals surface area contributed by atoms with Crippen LogP contribution < -0.4 is 0 Å². The summed E-state index contributed by atoms with van der Waals surface area (Å²) in [6.07, 6.45) is 0.424. The fourth-order valence-electron chi connectivity index (χ4n) is 2.16. The molecular weight excluding hydrogens is 363 g/mol. The Morgan fingerprint density at radius 2 is 1.76 bits per heavy atom. The number of aryl methyl sites for hydroxylation is 1. The second-order valence-corrected chi connectivity index (χ2v) is 6.05. The van der Waals surface area contributed by atoms with Crippen LogP contribution in [0.4, 0.5) is 0 Å². The summed E-state index contributed by atoms with van der Waals surface area (Å²) in [6.45, 7) is 0.0242. The van der Waals surface area contributed by atoms with Crippen molar-refractivity contribution >= 4 is 29.2 Å². The highest BCUT2D eigenvalue weighted by Crippen LogP contribution is 2.25. The minimum absolute atomic E-state index is 0.0242. The zero-order valence-electron chi connectivity index (χ0n) is 13.1. The SMILES string of the molecule is O=C(CCc1nc(-c2ccccc2)no1)OCc1c(Cl)cccc1Cl. The Morgan fingerprint density at radius 1 is 1.04 bits per heavy atom. The van der Waals surface area contributed by atoms with Gasteiger partial charge in [0.15, 0.2) is 0 Å². The van der Waals surface area contributed by atoms with Crippen LogP contribution in [0.25, 0.3) is 11.4 Å². The minimum Gasteiger partial charge on any atom is -0.461 e. The molecule has 0 fully saturated rings. The van der Waals surface area contributed by atoms with Crippen molar-refractivity contribution in [1.82, 2.24) is 10.1 Å². The van der Waals surface area contributed by atoms with E-state index >= 15 is 0 Å². The molecule has 1 heterocycles. The van der Waals surface area contributed by atoms with Crippen LogP contribution in [0.3, 0.4) is 0 Å². The molecule has 0 spiro atoms. The average Bonchev–Trinajstić information content (AvgIpc) is 3.09. The first-order valence-corrected chi connectivity index (χ1v) is 8.35. The van der Waals surface area contributed by atoms with Crippen molar-refractivity contribution in [1.29, 1.82) is 0 Å². The number of hydrogen-bond donors (Lipinski definition) is 0. The van der Waals surface area contributed by atoms with E-state index < -0.39 is 5.97 Å². The highest BCUT2D eigenvalue weighted by atomic mass is 35.5. The third-order valence-electron chi connectivity index (χ3n) is 3.48. The van der Waals surface area contributed by atoms with Crippen LogP contribution in [0.1, 0.15) is 17.9 Å². The number of nitrogens with zero attached hydrogens (tertiary/aromatic N) is 2. The van der Waals surface area contributed by atoms with Crippen LogP contribution in [-0.4, -0.2) is 16.1 Å². The number of halogens is 2. The summed E-state index contributed by atoms with van der Waals surface area (Å²) in [5.41, 5.74) is 1.44. The molecule has 5 nitrogen and oxygen atoms in total. The number of ether oxygens (including phenoxy) is 1. The van der Waals surface area contributed by atoms with Gasteiger partial charge in [0.2, 0.25) is 11.7 Å². The molecule has 3 rings (SSSR count). The Labute approximate surface area is 154 Å². The van der Waals surface area contributed by atoms with E-state index in [0.29, 0.717) is 33.7 Å². The Hall–Kier alpha value is -2.37. The number of aromatic nitrogens is 2. The fraction of sp³-hybridized carbons (Fsp3) is 0.167. The minimum atomic E-state index is -0.393. The lowest BCUT2D eigenvalue weighted by Gasteiger charge is -2.07. The Kier molecular flexibility index (Phi) is 5.68. The average molecular weight is 377 g/mol. The van der Waals surface area contributed by atoms with Gasteiger partial charge in [0.05, 0.1) is 6.42 Å². The molecule has 0 aliphatic heterocycles. The molecule has 0 saturated carbocycles. The summed E-state index contributed by atoms with van der Waals surface area (Å²) in [4.78, 5) is 16.2. The molecular formula is C18H14Cl2N2O3. The zero-order valence-corrected chi connectivity index (χ0v) is 14.6. The molecule has 128 valence electrons. The fourth-order valence-corrected chi connectivity index (χ4v) is 2.67. The van der Waals surface area contributed by atoms with Gasteiger partial charge in [-0.15, -0.1) is 0 Å². The Morgan fingerprint density at radius 3 is 2.48 bits per heavy atom. The molecule has 0 amide bonds. The summed E-state index contributed by atoms with van der Waals surface area (Å²) in [5, 5.41) is 4.83. The summed E-state index contributed by atoms with van der Waals surface area (Å²) >= 11 is 12.1. The number of carbonyl (C=O) groups excluding carboxylic acids is 1. The molecule has 0 aliphatic rings. The predicted octanol–water partition coefficient (Wildman–Crippen LogP) is 4.72. The first kappa shape index (κ1) is 17.5. The van der Waals surface area contributed by atoms with E-state index in [2.05, 4.69) is 10.1 Å². The van der Waals surface area contributed by atoms with Gasteiger partial charge in [-0.1, -0.05) is 64.8 Å². The predicted molar refractivity (Wildman–Crippen MR) is 94.3 cm³/mol. The van der Waals surface area contributed by atoms with Crippen LogP contribution in [0.5, 0.6) is 0 Å². The van der Waals surface area contributed by atoms with Crippen LogP contribution in [-0.2, 0) is 22.6 Å². The van der Waals surface area contributed by atoms with Crippen LogP contribution in [0.2, 0.25) is 10.0 Å². The summed E-state index contributed by atoms with van der Waals surface area (Å²) in [5.74, 6) is 0.480. The van der Waals surface area contributed by atoms with Gasteiger partial charge in [0, 0.05) is 27.6 Å². The van der Waals surface area contributed by atoms with Gasteiger partial charge in [-0.05, 0) is 12.1 Å². The Balaban J connectivity index is 1.52. The summed E-state index contributed by atoms with van der Waals surface area (Å²) in [6, 6.07) is 14.6. The molecule has 0 aliphatic carbocycles. The first-order valence-electron chi connectivity index (χ1n) is 7.60. The van der Waals surface area contributed by atoms with Gasteiger partial charge >= 0.3 is 5.97 Å². The first-order chi connectivity index (χ1) is 12.1. The number of hydrogen-bond acceptors (Lipinski definition) is 5. The quantitative estimate of drug-likeness (QED) is 0.582. The third-order valence-corrected chi connectivity index (χ3v) is 4.19. The standard InChI is InChI=1S/C18H14Cl2N2O3/c19-14-7-4-8-15(20)13(14)11-24-17(23)10-9-16-21-18(22-25-16)12-5-2-1-3-6-12/h1-8H,9-11H2. The van der Waals surface area contributed by atoms with Crippen molar-refractivity contribution in [3.63, 3.8) is 0 Å². The van der Waals surface area contributed by atoms with Crippen LogP contribution >= 0.6 is 23.2 Å². The molecule has 0 N–H and O–H groups in total. The monoisotopic (exact) mass is 376 g/mol. The Bertz CT molecular complexity index is 846. The smallest absolute Gasteiger partial charge is 0.306 e. The van der Waals surface area contributed by atoms with Gasteiger partial charge < -0.3 is 9.26 Å². The van der Waals surface area contributed by atoms with Gasteiger partial charge in [-0.2, -0.15) is 4.98 Å². The molecule has 0 atom stereocenters. The van der Waals surface area contributed by atoms with E-state index in [1.807, 2.05) is 30.3 Å². The van der Waals surface area contributed by atoms with Crippen LogP contribution in [0, 0.1) is 0 Å². The van der Waals surface area contributed by atoms with E-state index in [-0.39, 0.29) is 13.0 Å². The molecule has 0 radical (unpaired) electrons. The molecule has 0 unspecified atom stereocenters. The largest absolute Gasteiger partial charge is 0.461 e. The van der Waals surface area contributed by atoms with E-state index in [1.165, 1.54) is 0 Å². The maximum Gasteiger partial charge on any atom is 0.306 e. The summed E-state index contributed by atoms with van der Waals surface area (Å²) in [7, 11) is 0. The van der Waals surface area contributed by atoms with E-state index in [0.717, 1.165) is 5.56 Å². The lowest BCUT2D eigenvalue weighted by molar-refractivity contribution is -0.145. The van der Waals surface area contributed by atoms with Crippen molar-refractivity contribution in [2.24, 2.45) is 0 Å². The highest BCUT2D eigenvalue weighted by molar-refractivity contribution is 6.35. The van der Waals surface area contributed by atoms with E-state index in [4.69, 9.17) is 32.5 Å². The zero-order chi connectivity index (χ0) is 17.6. The molecule has 1 aromatic heterocycles. The van der Waals surface area contributed by atoms with Crippen molar-refractivity contribution in [2.45, 2.75) is 19.4 Å². The normalized spacial score (nSPS) is 10.6. The second kappa shape index (κ2) is 8.14. The molecule has 25 heavy (non-hydrogen) atoms. The van der Waals surface area contributed by atoms with Gasteiger partial charge in [-0.3, -0.25) is 4.79 Å². The van der Waals surface area contributed by atoms with E-state index in [9.17, 15) is 4.79 Å². The highest BCUT2D eigenvalue weighted by Gasteiger charge is 2.13. The summed E-state index contributed by atoms with van der Waals surface area (Å²) < 4.78 is 10.4. The molecule has 0 saturated heterocycles. The van der Waals surface area contributed by atoms with E-state index in [1.54, 1.807) is 18.2 Å². The molecule has 0 bridgehead atoms. The lowest BCUT2D eigenvalue weighted by Crippen LogP contribution is -2.06.